The molecule has 3 aromatic rings. The van der Waals surface area contributed by atoms with Crippen molar-refractivity contribution in [1.29, 1.82) is 0 Å². The van der Waals surface area contributed by atoms with Gasteiger partial charge in [0.05, 0.1) is 10.6 Å². The average Bonchev–Trinajstić information content (AvgIpc) is 2.88. The molecule has 0 fully saturated rings. The number of nitrogens with zero attached hydrogens (tertiary/aromatic N) is 4. The number of phenolic OH excluding ortho intramolecular Hbond substituents is 1. The van der Waals surface area contributed by atoms with Gasteiger partial charge in [-0.05, 0) is 30.3 Å². The Hall–Kier alpha value is -2.75. The molecule has 0 atom stereocenters. The molecule has 0 aliphatic rings. The maximum atomic E-state index is 12.5. The van der Waals surface area contributed by atoms with Gasteiger partial charge >= 0.3 is 0 Å². The molecule has 0 spiro atoms. The Morgan fingerprint density at radius 1 is 1.18 bits per heavy atom. The number of sulfonamides is 1. The predicted molar refractivity (Wildman–Crippen MR) is 97.4 cm³/mol. The zero-order valence-corrected chi connectivity index (χ0v) is 16.6. The van der Waals surface area contributed by atoms with Crippen molar-refractivity contribution < 1.29 is 36.4 Å². The molecule has 0 unspecified atom stereocenters. The first-order valence-corrected chi connectivity index (χ1v) is 8.91. The normalized spacial score (nSPS) is 11.1. The van der Waals surface area contributed by atoms with Crippen molar-refractivity contribution in [2.24, 2.45) is 15.4 Å². The van der Waals surface area contributed by atoms with Crippen LogP contribution in [-0.4, -0.2) is 28.8 Å². The van der Waals surface area contributed by atoms with Crippen LogP contribution in [0.1, 0.15) is 5.69 Å². The molecule has 2 aromatic carbocycles. The van der Waals surface area contributed by atoms with Crippen LogP contribution >= 0.6 is 0 Å². The van der Waals surface area contributed by atoms with Gasteiger partial charge in [-0.2, -0.15) is 5.11 Å². The van der Waals surface area contributed by atoms with Crippen LogP contribution in [0.3, 0.4) is 0 Å². The molecule has 0 aliphatic carbocycles. The second-order valence-electron chi connectivity index (χ2n) is 5.38. The second kappa shape index (κ2) is 8.96. The standard InChI is InChI=1S/C16H14N5O4S.Cr.H2O/c1-10-15(16(23)21(20-10)11-5-3-2-4-6-11)19-18-13-9-12(26(17,24)25)7-8-14(13)22;;/h2-9,22H,1H3,(H2,17,24,25);;1H2/q-1;;. The number of phenols is 1. The number of aromatic nitrogens is 2. The number of aromatic hydroxyl groups is 1. The van der Waals surface area contributed by atoms with E-state index in [1.807, 2.05) is 6.07 Å². The van der Waals surface area contributed by atoms with Crippen molar-refractivity contribution in [3.05, 3.63) is 64.6 Å². The van der Waals surface area contributed by atoms with Gasteiger partial charge in [-0.25, -0.2) is 23.3 Å². The minimum absolute atomic E-state index is 0. The third-order valence-corrected chi connectivity index (χ3v) is 4.43. The number of nitrogens with two attached hydrogens (primary N) is 1. The second-order valence-corrected chi connectivity index (χ2v) is 6.94. The third-order valence-electron chi connectivity index (χ3n) is 3.52. The minimum Gasteiger partial charge on any atom is -0.506 e. The molecule has 1 aromatic heterocycles. The molecule has 3 rings (SSSR count). The summed E-state index contributed by atoms with van der Waals surface area (Å²) in [6, 6.07) is 12.1. The summed E-state index contributed by atoms with van der Waals surface area (Å²) in [5, 5.41) is 26.6. The Balaban J connectivity index is 0.00000196. The molecule has 28 heavy (non-hydrogen) atoms. The summed E-state index contributed by atoms with van der Waals surface area (Å²) in [5.41, 5.74) is 0.266. The maximum absolute atomic E-state index is 12.5. The van der Waals surface area contributed by atoms with Gasteiger partial charge in [0.15, 0.2) is 0 Å². The van der Waals surface area contributed by atoms with Gasteiger partial charge in [0.2, 0.25) is 10.0 Å². The van der Waals surface area contributed by atoms with Crippen molar-refractivity contribution >= 4 is 21.4 Å². The Labute approximate surface area is 170 Å². The number of rotatable bonds is 4. The summed E-state index contributed by atoms with van der Waals surface area (Å²) in [4.78, 5) is 12.3. The molecule has 148 valence electrons. The molecule has 0 aliphatic heterocycles. The van der Waals surface area contributed by atoms with Crippen molar-refractivity contribution in [3.8, 4) is 11.4 Å². The van der Waals surface area contributed by atoms with E-state index in [9.17, 15) is 18.3 Å². The summed E-state index contributed by atoms with van der Waals surface area (Å²) in [6.45, 7) is 1.59. The molecule has 12 heteroatoms. The topological polar surface area (TPSA) is 171 Å². The van der Waals surface area contributed by atoms with E-state index in [1.54, 1.807) is 31.2 Å². The zero-order valence-electron chi connectivity index (χ0n) is 14.5. The average molecular weight is 442 g/mol. The smallest absolute Gasteiger partial charge is 0.238 e. The van der Waals surface area contributed by atoms with Crippen LogP contribution in [0, 0.1) is 6.92 Å². The Morgan fingerprint density at radius 2 is 1.82 bits per heavy atom. The molecule has 0 bridgehead atoms. The molecule has 5 N–H and O–H groups in total. The fraction of sp³-hybridized carbons (Fsp3) is 0.0625. The van der Waals surface area contributed by atoms with Gasteiger partial charge in [-0.15, -0.1) is 5.69 Å². The molecule has 0 saturated heterocycles. The van der Waals surface area contributed by atoms with Crippen LogP contribution in [0.25, 0.3) is 5.69 Å². The van der Waals surface area contributed by atoms with E-state index in [0.29, 0.717) is 11.4 Å². The number of hydrogen-bond acceptors (Lipinski definition) is 7. The zero-order chi connectivity index (χ0) is 18.9. The number of hydrogen-bond donors (Lipinski definition) is 2. The van der Waals surface area contributed by atoms with E-state index in [1.165, 1.54) is 4.68 Å². The third kappa shape index (κ3) is 4.75. The Bertz CT molecular complexity index is 1160. The molecule has 0 saturated carbocycles. The number of benzene rings is 2. The van der Waals surface area contributed by atoms with Gasteiger partial charge in [-0.3, -0.25) is 0 Å². The number of para-hydroxylation sites is 1. The van der Waals surface area contributed by atoms with E-state index >= 15 is 0 Å². The maximum Gasteiger partial charge on any atom is 0.238 e. The van der Waals surface area contributed by atoms with Crippen LogP contribution in [0.2, 0.25) is 0 Å². The molecule has 1 heterocycles. The number of azo groups is 1. The van der Waals surface area contributed by atoms with Crippen LogP contribution in [-0.2, 0) is 27.4 Å². The van der Waals surface area contributed by atoms with Crippen LogP contribution in [0.4, 0.5) is 11.4 Å². The van der Waals surface area contributed by atoms with Gasteiger partial charge < -0.3 is 20.5 Å². The fourth-order valence-corrected chi connectivity index (χ4v) is 2.75. The fourth-order valence-electron chi connectivity index (χ4n) is 2.22. The van der Waals surface area contributed by atoms with E-state index in [2.05, 4.69) is 15.3 Å². The van der Waals surface area contributed by atoms with Crippen LogP contribution < -0.4 is 10.7 Å². The summed E-state index contributed by atoms with van der Waals surface area (Å²) in [7, 11) is -3.96. The molecule has 0 radical (unpaired) electrons. The van der Waals surface area contributed by atoms with Gasteiger partial charge in [0.25, 0.3) is 0 Å². The summed E-state index contributed by atoms with van der Waals surface area (Å²) < 4.78 is 24.0. The van der Waals surface area contributed by atoms with Crippen molar-refractivity contribution in [3.63, 3.8) is 0 Å². The van der Waals surface area contributed by atoms with Crippen LogP contribution in [0.15, 0.2) is 68.4 Å². The Morgan fingerprint density at radius 3 is 2.43 bits per heavy atom. The molecule has 0 amide bonds. The first-order chi connectivity index (χ1) is 12.3. The van der Waals surface area contributed by atoms with Crippen molar-refractivity contribution in [1.82, 2.24) is 9.78 Å². The SMILES string of the molecule is Cc1nn(-c2ccccc2)c(=O)[c-]1N=Nc1cc(S(N)(=O)=O)ccc1O.O.[Cr]. The summed E-state index contributed by atoms with van der Waals surface area (Å²) in [5.74, 6) is -0.304. The van der Waals surface area contributed by atoms with Crippen molar-refractivity contribution in [2.45, 2.75) is 11.8 Å². The molecule has 10 nitrogen and oxygen atoms in total. The minimum atomic E-state index is -3.96. The largest absolute Gasteiger partial charge is 0.506 e. The van der Waals surface area contributed by atoms with Gasteiger partial charge in [0.1, 0.15) is 17.0 Å². The molecular formula is C16H16CrN5O5S-. The predicted octanol–water partition coefficient (Wildman–Crippen LogP) is 1.20. The summed E-state index contributed by atoms with van der Waals surface area (Å²) in [6.07, 6.45) is 0. The first-order valence-electron chi connectivity index (χ1n) is 7.37. The van der Waals surface area contributed by atoms with E-state index in [0.717, 1.165) is 18.2 Å². The van der Waals surface area contributed by atoms with Crippen molar-refractivity contribution in [2.75, 3.05) is 0 Å². The quantitative estimate of drug-likeness (QED) is 0.456. The number of aryl methyl sites for hydroxylation is 1. The van der Waals surface area contributed by atoms with E-state index in [-0.39, 0.29) is 44.9 Å². The number of primary sulfonamides is 1. The molecular weight excluding hydrogens is 426 g/mol. The van der Waals surface area contributed by atoms with E-state index < -0.39 is 15.6 Å². The van der Waals surface area contributed by atoms with Gasteiger partial charge in [0, 0.05) is 17.4 Å². The van der Waals surface area contributed by atoms with E-state index in [4.69, 9.17) is 5.14 Å². The summed E-state index contributed by atoms with van der Waals surface area (Å²) >= 11 is 0. The first kappa shape index (κ1) is 23.3. The van der Waals surface area contributed by atoms with Gasteiger partial charge in [-0.1, -0.05) is 30.8 Å². The monoisotopic (exact) mass is 442 g/mol. The Kier molecular flexibility index (Phi) is 7.45. The van der Waals surface area contributed by atoms with Crippen LogP contribution in [0.5, 0.6) is 5.75 Å².